The predicted molar refractivity (Wildman–Crippen MR) is 120 cm³/mol. The maximum atomic E-state index is 12.7. The number of hydrogen-bond acceptors (Lipinski definition) is 6. The Morgan fingerprint density at radius 1 is 0.906 bits per heavy atom. The predicted octanol–water partition coefficient (Wildman–Crippen LogP) is 3.03. The molecule has 162 valence electrons. The fourth-order valence-electron chi connectivity index (χ4n) is 2.66. The standard InChI is InChI=1S/C24H21N3O5/c1-32-19-10-7-16(8-11-19)13-20(26-23(30)18-5-3-2-4-6-18)24(31)27-25-15-17-9-12-21(28)22(29)14-17/h2-15,28-29H,1H3,(H,26,30)(H,27,31). The highest BCUT2D eigenvalue weighted by Crippen LogP contribution is 2.24. The number of benzene rings is 3. The summed E-state index contributed by atoms with van der Waals surface area (Å²) in [5.74, 6) is -1.02. The highest BCUT2D eigenvalue weighted by atomic mass is 16.5. The molecule has 3 aromatic carbocycles. The molecule has 8 nitrogen and oxygen atoms in total. The van der Waals surface area contributed by atoms with E-state index < -0.39 is 11.8 Å². The number of nitrogens with one attached hydrogen (secondary N) is 2. The summed E-state index contributed by atoms with van der Waals surface area (Å²) < 4.78 is 5.13. The Hall–Kier alpha value is -4.59. The Bertz CT molecular complexity index is 1160. The summed E-state index contributed by atoms with van der Waals surface area (Å²) in [6.07, 6.45) is 2.80. The zero-order valence-corrected chi connectivity index (χ0v) is 17.1. The molecule has 0 radical (unpaired) electrons. The van der Waals surface area contributed by atoms with E-state index in [1.54, 1.807) is 61.7 Å². The number of hydrogen-bond donors (Lipinski definition) is 4. The van der Waals surface area contributed by atoms with Crippen molar-refractivity contribution in [1.29, 1.82) is 0 Å². The number of phenolic OH excluding ortho intramolecular Hbond substituents is 2. The lowest BCUT2D eigenvalue weighted by molar-refractivity contribution is -0.117. The number of hydrazone groups is 1. The minimum absolute atomic E-state index is 0.0188. The maximum absolute atomic E-state index is 12.7. The lowest BCUT2D eigenvalue weighted by Crippen LogP contribution is -2.32. The van der Waals surface area contributed by atoms with Gasteiger partial charge in [-0.05, 0) is 59.7 Å². The normalized spacial score (nSPS) is 11.2. The largest absolute Gasteiger partial charge is 0.504 e. The van der Waals surface area contributed by atoms with Gasteiger partial charge in [0.1, 0.15) is 11.4 Å². The molecule has 2 amide bonds. The maximum Gasteiger partial charge on any atom is 0.287 e. The van der Waals surface area contributed by atoms with Crippen LogP contribution < -0.4 is 15.5 Å². The smallest absolute Gasteiger partial charge is 0.287 e. The summed E-state index contributed by atoms with van der Waals surface area (Å²) in [6.45, 7) is 0. The zero-order chi connectivity index (χ0) is 22.9. The van der Waals surface area contributed by atoms with Crippen LogP contribution in [0.25, 0.3) is 6.08 Å². The fourth-order valence-corrected chi connectivity index (χ4v) is 2.66. The van der Waals surface area contributed by atoms with Crippen molar-refractivity contribution in [3.8, 4) is 17.2 Å². The van der Waals surface area contributed by atoms with Gasteiger partial charge in [-0.1, -0.05) is 30.3 Å². The molecule has 0 aromatic heterocycles. The molecule has 0 heterocycles. The second-order valence-electron chi connectivity index (χ2n) is 6.60. The lowest BCUT2D eigenvalue weighted by Gasteiger charge is -2.09. The number of methoxy groups -OCH3 is 1. The number of aromatic hydroxyl groups is 2. The van der Waals surface area contributed by atoms with Crippen LogP contribution in [0, 0.1) is 0 Å². The number of phenols is 2. The van der Waals surface area contributed by atoms with E-state index in [2.05, 4.69) is 15.8 Å². The third-order valence-corrected chi connectivity index (χ3v) is 4.33. The number of rotatable bonds is 7. The van der Waals surface area contributed by atoms with E-state index >= 15 is 0 Å². The second-order valence-corrected chi connectivity index (χ2v) is 6.60. The van der Waals surface area contributed by atoms with Crippen molar-refractivity contribution in [1.82, 2.24) is 10.7 Å². The van der Waals surface area contributed by atoms with Crippen LogP contribution in [-0.4, -0.2) is 35.4 Å². The van der Waals surface area contributed by atoms with Crippen LogP contribution in [0.4, 0.5) is 0 Å². The van der Waals surface area contributed by atoms with Gasteiger partial charge in [0.2, 0.25) is 0 Å². The van der Waals surface area contributed by atoms with Crippen LogP contribution >= 0.6 is 0 Å². The van der Waals surface area contributed by atoms with E-state index in [1.165, 1.54) is 30.5 Å². The van der Waals surface area contributed by atoms with E-state index in [9.17, 15) is 19.8 Å². The first-order valence-corrected chi connectivity index (χ1v) is 9.54. The number of ether oxygens (including phenoxy) is 1. The summed E-state index contributed by atoms with van der Waals surface area (Å²) in [6, 6.07) is 19.5. The Kier molecular flexibility index (Phi) is 7.21. The molecule has 0 aliphatic heterocycles. The number of carbonyl (C=O) groups excluding carboxylic acids is 2. The number of amides is 2. The van der Waals surface area contributed by atoms with Crippen molar-refractivity contribution in [2.75, 3.05) is 7.11 Å². The van der Waals surface area contributed by atoms with Crippen molar-refractivity contribution >= 4 is 24.1 Å². The second kappa shape index (κ2) is 10.4. The third kappa shape index (κ3) is 5.96. The topological polar surface area (TPSA) is 120 Å². The SMILES string of the molecule is COc1ccc(C=C(NC(=O)c2ccccc2)C(=O)NN=Cc2ccc(O)c(O)c2)cc1. The Morgan fingerprint density at radius 2 is 1.59 bits per heavy atom. The van der Waals surface area contributed by atoms with Gasteiger partial charge >= 0.3 is 0 Å². The molecule has 0 atom stereocenters. The van der Waals surface area contributed by atoms with Crippen LogP contribution in [0.3, 0.4) is 0 Å². The molecule has 32 heavy (non-hydrogen) atoms. The first-order chi connectivity index (χ1) is 15.5. The van der Waals surface area contributed by atoms with E-state index in [0.29, 0.717) is 22.4 Å². The first-order valence-electron chi connectivity index (χ1n) is 9.54. The van der Waals surface area contributed by atoms with Crippen molar-refractivity contribution in [2.45, 2.75) is 0 Å². The monoisotopic (exact) mass is 431 g/mol. The summed E-state index contributed by atoms with van der Waals surface area (Å²) in [4.78, 5) is 25.3. The van der Waals surface area contributed by atoms with Gasteiger partial charge in [-0.15, -0.1) is 0 Å². The highest BCUT2D eigenvalue weighted by Gasteiger charge is 2.14. The molecule has 0 aliphatic carbocycles. The van der Waals surface area contributed by atoms with Crippen molar-refractivity contribution < 1.29 is 24.5 Å². The van der Waals surface area contributed by atoms with E-state index in [1.807, 2.05) is 0 Å². The molecule has 0 saturated heterocycles. The van der Waals surface area contributed by atoms with Gasteiger partial charge in [-0.3, -0.25) is 9.59 Å². The molecular formula is C24H21N3O5. The lowest BCUT2D eigenvalue weighted by atomic mass is 10.1. The summed E-state index contributed by atoms with van der Waals surface area (Å²) in [5.41, 5.74) is 3.83. The molecular weight excluding hydrogens is 410 g/mol. The highest BCUT2D eigenvalue weighted by molar-refractivity contribution is 6.05. The fraction of sp³-hybridized carbons (Fsp3) is 0.0417. The Balaban J connectivity index is 1.80. The molecule has 0 saturated carbocycles. The molecule has 0 fully saturated rings. The molecule has 3 rings (SSSR count). The molecule has 0 spiro atoms. The van der Waals surface area contributed by atoms with E-state index in [4.69, 9.17) is 4.74 Å². The van der Waals surface area contributed by atoms with Crippen LogP contribution in [0.2, 0.25) is 0 Å². The number of nitrogens with zero attached hydrogens (tertiary/aromatic N) is 1. The van der Waals surface area contributed by atoms with Gasteiger partial charge in [-0.2, -0.15) is 5.10 Å². The molecule has 0 unspecified atom stereocenters. The summed E-state index contributed by atoms with van der Waals surface area (Å²) in [7, 11) is 1.55. The summed E-state index contributed by atoms with van der Waals surface area (Å²) >= 11 is 0. The molecule has 0 aliphatic rings. The third-order valence-electron chi connectivity index (χ3n) is 4.33. The van der Waals surface area contributed by atoms with Crippen molar-refractivity contribution in [3.63, 3.8) is 0 Å². The van der Waals surface area contributed by atoms with E-state index in [0.717, 1.165) is 0 Å². The molecule has 0 bridgehead atoms. The van der Waals surface area contributed by atoms with Crippen molar-refractivity contribution in [2.24, 2.45) is 5.10 Å². The minimum Gasteiger partial charge on any atom is -0.504 e. The Labute approximate surface area is 184 Å². The summed E-state index contributed by atoms with van der Waals surface area (Å²) in [5, 5.41) is 25.4. The van der Waals surface area contributed by atoms with Gasteiger partial charge in [0, 0.05) is 5.56 Å². The van der Waals surface area contributed by atoms with Gasteiger partial charge < -0.3 is 20.3 Å². The number of carbonyl (C=O) groups is 2. The van der Waals surface area contributed by atoms with Gasteiger partial charge in [0.15, 0.2) is 11.5 Å². The van der Waals surface area contributed by atoms with Crippen LogP contribution in [0.5, 0.6) is 17.2 Å². The van der Waals surface area contributed by atoms with Crippen molar-refractivity contribution in [3.05, 3.63) is 95.2 Å². The van der Waals surface area contributed by atoms with Gasteiger partial charge in [0.25, 0.3) is 11.8 Å². The van der Waals surface area contributed by atoms with Crippen LogP contribution in [0.15, 0.2) is 83.6 Å². The molecule has 4 N–H and O–H groups in total. The van der Waals surface area contributed by atoms with Crippen LogP contribution in [0.1, 0.15) is 21.5 Å². The first kappa shape index (κ1) is 22.1. The molecule has 8 heteroatoms. The van der Waals surface area contributed by atoms with Gasteiger partial charge in [-0.25, -0.2) is 5.43 Å². The minimum atomic E-state index is -0.649. The quantitative estimate of drug-likeness (QED) is 0.198. The zero-order valence-electron chi connectivity index (χ0n) is 17.1. The molecule has 3 aromatic rings. The average Bonchev–Trinajstić information content (AvgIpc) is 2.82. The van der Waals surface area contributed by atoms with Gasteiger partial charge in [0.05, 0.1) is 13.3 Å². The van der Waals surface area contributed by atoms with Crippen LogP contribution in [-0.2, 0) is 4.79 Å². The van der Waals surface area contributed by atoms with E-state index in [-0.39, 0.29) is 17.2 Å². The Morgan fingerprint density at radius 3 is 2.25 bits per heavy atom. The average molecular weight is 431 g/mol.